The molecular weight excluding hydrogens is 238 g/mol. The Morgan fingerprint density at radius 2 is 2.21 bits per heavy atom. The normalized spacial score (nSPS) is 20.6. The van der Waals surface area contributed by atoms with E-state index in [2.05, 4.69) is 45.7 Å². The zero-order valence-corrected chi connectivity index (χ0v) is 11.2. The van der Waals surface area contributed by atoms with Gasteiger partial charge in [0.2, 0.25) is 0 Å². The number of rotatable bonds is 3. The summed E-state index contributed by atoms with van der Waals surface area (Å²) in [6.07, 6.45) is 0. The van der Waals surface area contributed by atoms with E-state index in [0.717, 1.165) is 37.6 Å². The highest BCUT2D eigenvalue weighted by molar-refractivity contribution is 5.20. The lowest BCUT2D eigenvalue weighted by Gasteiger charge is -2.35. The van der Waals surface area contributed by atoms with Crippen LogP contribution >= 0.6 is 0 Å². The lowest BCUT2D eigenvalue weighted by Crippen LogP contribution is -2.45. The molecule has 2 heterocycles. The average Bonchev–Trinajstić information content (AvgIpc) is 2.86. The largest absolute Gasteiger partial charge is 0.360 e. The van der Waals surface area contributed by atoms with E-state index in [1.54, 1.807) is 0 Å². The van der Waals surface area contributed by atoms with E-state index in [0.29, 0.717) is 6.04 Å². The number of aryl methyl sites for hydroxylation is 1. The van der Waals surface area contributed by atoms with Gasteiger partial charge < -0.3 is 9.84 Å². The minimum atomic E-state index is 0.403. The number of piperazine rings is 1. The van der Waals surface area contributed by atoms with Crippen molar-refractivity contribution in [3.8, 4) is 0 Å². The number of nitrogens with one attached hydrogen (secondary N) is 1. The predicted molar refractivity (Wildman–Crippen MR) is 73.7 cm³/mol. The lowest BCUT2D eigenvalue weighted by atomic mass is 10.0. The second kappa shape index (κ2) is 5.55. The Bertz CT molecular complexity index is 523. The maximum atomic E-state index is 5.34. The first-order chi connectivity index (χ1) is 9.33. The van der Waals surface area contributed by atoms with Crippen LogP contribution in [0.15, 0.2) is 40.9 Å². The van der Waals surface area contributed by atoms with E-state index in [4.69, 9.17) is 4.52 Å². The van der Waals surface area contributed by atoms with E-state index in [1.807, 2.05) is 13.0 Å². The molecule has 1 aliphatic rings. The first kappa shape index (κ1) is 12.4. The molecule has 19 heavy (non-hydrogen) atoms. The van der Waals surface area contributed by atoms with E-state index < -0.39 is 0 Å². The zero-order valence-electron chi connectivity index (χ0n) is 11.2. The van der Waals surface area contributed by atoms with Crippen molar-refractivity contribution in [2.24, 2.45) is 0 Å². The maximum Gasteiger partial charge on any atom is 0.150 e. The van der Waals surface area contributed by atoms with Crippen molar-refractivity contribution in [1.82, 2.24) is 15.4 Å². The summed E-state index contributed by atoms with van der Waals surface area (Å²) < 4.78 is 5.34. The topological polar surface area (TPSA) is 41.3 Å². The van der Waals surface area contributed by atoms with Crippen molar-refractivity contribution in [3.63, 3.8) is 0 Å². The molecule has 100 valence electrons. The van der Waals surface area contributed by atoms with Gasteiger partial charge in [0.25, 0.3) is 0 Å². The molecule has 0 bridgehead atoms. The van der Waals surface area contributed by atoms with Crippen LogP contribution in [-0.2, 0) is 6.54 Å². The van der Waals surface area contributed by atoms with Crippen LogP contribution in [0.2, 0.25) is 0 Å². The molecule has 0 radical (unpaired) electrons. The molecule has 0 amide bonds. The minimum absolute atomic E-state index is 0.403. The molecule has 2 aromatic rings. The molecule has 1 aromatic heterocycles. The highest BCUT2D eigenvalue weighted by Gasteiger charge is 2.24. The molecule has 4 nitrogen and oxygen atoms in total. The lowest BCUT2D eigenvalue weighted by molar-refractivity contribution is 0.138. The molecule has 1 N–H and O–H groups in total. The average molecular weight is 257 g/mol. The molecule has 0 saturated carbocycles. The minimum Gasteiger partial charge on any atom is -0.360 e. The van der Waals surface area contributed by atoms with Gasteiger partial charge in [-0.1, -0.05) is 35.5 Å². The first-order valence-corrected chi connectivity index (χ1v) is 6.75. The van der Waals surface area contributed by atoms with Gasteiger partial charge in [-0.3, -0.25) is 4.90 Å². The third-order valence-electron chi connectivity index (χ3n) is 3.57. The number of nitrogens with zero attached hydrogens (tertiary/aromatic N) is 2. The summed E-state index contributed by atoms with van der Waals surface area (Å²) in [6, 6.07) is 13.1. The summed E-state index contributed by atoms with van der Waals surface area (Å²) in [5.74, 6) is 0.945. The second-order valence-electron chi connectivity index (χ2n) is 5.04. The number of aromatic nitrogens is 1. The molecule has 1 saturated heterocycles. The molecule has 1 fully saturated rings. The number of hydrogen-bond acceptors (Lipinski definition) is 4. The number of benzene rings is 1. The van der Waals surface area contributed by atoms with Crippen molar-refractivity contribution in [3.05, 3.63) is 53.4 Å². The van der Waals surface area contributed by atoms with Gasteiger partial charge in [0, 0.05) is 31.7 Å². The highest BCUT2D eigenvalue weighted by Crippen LogP contribution is 2.24. The van der Waals surface area contributed by atoms with Crippen molar-refractivity contribution in [1.29, 1.82) is 0 Å². The van der Waals surface area contributed by atoms with Crippen LogP contribution in [0, 0.1) is 6.92 Å². The molecule has 0 aliphatic carbocycles. The van der Waals surface area contributed by atoms with Crippen LogP contribution in [0.1, 0.15) is 23.1 Å². The third-order valence-corrected chi connectivity index (χ3v) is 3.57. The Balaban J connectivity index is 1.77. The van der Waals surface area contributed by atoms with Crippen molar-refractivity contribution < 1.29 is 4.52 Å². The summed E-state index contributed by atoms with van der Waals surface area (Å²) in [6.45, 7) is 5.81. The first-order valence-electron chi connectivity index (χ1n) is 6.75. The van der Waals surface area contributed by atoms with Gasteiger partial charge in [0.05, 0.1) is 12.2 Å². The van der Waals surface area contributed by atoms with Crippen LogP contribution in [0.4, 0.5) is 0 Å². The van der Waals surface area contributed by atoms with Gasteiger partial charge in [-0.15, -0.1) is 0 Å². The van der Waals surface area contributed by atoms with Crippen LogP contribution in [0.3, 0.4) is 0 Å². The fourth-order valence-corrected chi connectivity index (χ4v) is 2.63. The summed E-state index contributed by atoms with van der Waals surface area (Å²) in [5.41, 5.74) is 2.30. The standard InChI is InChI=1S/C15H19N3O/c1-12-9-14(19-17-12)11-18-8-7-16-10-15(18)13-5-3-2-4-6-13/h2-6,9,15-16H,7-8,10-11H2,1H3. The quantitative estimate of drug-likeness (QED) is 0.914. The maximum absolute atomic E-state index is 5.34. The fourth-order valence-electron chi connectivity index (χ4n) is 2.63. The van der Waals surface area contributed by atoms with Crippen molar-refractivity contribution >= 4 is 0 Å². The van der Waals surface area contributed by atoms with E-state index >= 15 is 0 Å². The predicted octanol–water partition coefficient (Wildman–Crippen LogP) is 2.13. The SMILES string of the molecule is Cc1cc(CN2CCNCC2c2ccccc2)on1. The second-order valence-corrected chi connectivity index (χ2v) is 5.04. The molecule has 0 spiro atoms. The van der Waals surface area contributed by atoms with Crippen LogP contribution < -0.4 is 5.32 Å². The van der Waals surface area contributed by atoms with Gasteiger partial charge >= 0.3 is 0 Å². The van der Waals surface area contributed by atoms with Gasteiger partial charge in [-0.05, 0) is 12.5 Å². The Morgan fingerprint density at radius 3 is 2.95 bits per heavy atom. The summed E-state index contributed by atoms with van der Waals surface area (Å²) in [7, 11) is 0. The smallest absolute Gasteiger partial charge is 0.150 e. The van der Waals surface area contributed by atoms with Gasteiger partial charge in [0.15, 0.2) is 5.76 Å². The monoisotopic (exact) mass is 257 g/mol. The van der Waals surface area contributed by atoms with Gasteiger partial charge in [-0.2, -0.15) is 0 Å². The molecule has 1 aromatic carbocycles. The third kappa shape index (κ3) is 2.85. The van der Waals surface area contributed by atoms with Crippen molar-refractivity contribution in [2.45, 2.75) is 19.5 Å². The van der Waals surface area contributed by atoms with E-state index in [9.17, 15) is 0 Å². The van der Waals surface area contributed by atoms with Crippen molar-refractivity contribution in [2.75, 3.05) is 19.6 Å². The Labute approximate surface area is 113 Å². The van der Waals surface area contributed by atoms with E-state index in [-0.39, 0.29) is 0 Å². The summed E-state index contributed by atoms with van der Waals surface area (Å²) in [4.78, 5) is 2.45. The van der Waals surface area contributed by atoms with Gasteiger partial charge in [0.1, 0.15) is 0 Å². The van der Waals surface area contributed by atoms with Crippen LogP contribution in [-0.4, -0.2) is 29.7 Å². The Morgan fingerprint density at radius 1 is 1.37 bits per heavy atom. The molecular formula is C15H19N3O. The molecule has 4 heteroatoms. The zero-order chi connectivity index (χ0) is 13.1. The number of hydrogen-bond donors (Lipinski definition) is 1. The van der Waals surface area contributed by atoms with E-state index in [1.165, 1.54) is 5.56 Å². The molecule has 1 aliphatic heterocycles. The Hall–Kier alpha value is -1.65. The van der Waals surface area contributed by atoms with Crippen LogP contribution in [0.25, 0.3) is 0 Å². The fraction of sp³-hybridized carbons (Fsp3) is 0.400. The summed E-state index contributed by atoms with van der Waals surface area (Å²) in [5, 5.41) is 7.43. The highest BCUT2D eigenvalue weighted by atomic mass is 16.5. The van der Waals surface area contributed by atoms with Gasteiger partial charge in [-0.25, -0.2) is 0 Å². The molecule has 1 atom stereocenters. The Kier molecular flexibility index (Phi) is 3.62. The van der Waals surface area contributed by atoms with Crippen LogP contribution in [0.5, 0.6) is 0 Å². The summed E-state index contributed by atoms with van der Waals surface area (Å²) >= 11 is 0. The molecule has 3 rings (SSSR count). The molecule has 1 unspecified atom stereocenters.